The van der Waals surface area contributed by atoms with Crippen LogP contribution in [0, 0.1) is 0 Å². The zero-order valence-electron chi connectivity index (χ0n) is 8.94. The van der Waals surface area contributed by atoms with Crippen LogP contribution in [0.15, 0.2) is 6.20 Å². The van der Waals surface area contributed by atoms with Crippen molar-refractivity contribution < 1.29 is 5.11 Å². The van der Waals surface area contributed by atoms with E-state index in [1.165, 1.54) is 0 Å². The Bertz CT molecular complexity index is 272. The Balaban J connectivity index is 2.30. The summed E-state index contributed by atoms with van der Waals surface area (Å²) in [6, 6.07) is 0.395. The molecule has 0 aliphatic heterocycles. The van der Waals surface area contributed by atoms with Gasteiger partial charge >= 0.3 is 0 Å². The first-order chi connectivity index (χ1) is 6.58. The van der Waals surface area contributed by atoms with E-state index in [1.54, 1.807) is 4.68 Å². The van der Waals surface area contributed by atoms with Gasteiger partial charge in [-0.25, -0.2) is 0 Å². The Morgan fingerprint density at radius 1 is 1.57 bits per heavy atom. The van der Waals surface area contributed by atoms with Gasteiger partial charge in [-0.1, -0.05) is 19.1 Å². The van der Waals surface area contributed by atoms with E-state index in [2.05, 4.69) is 29.5 Å². The number of aryl methyl sites for hydroxylation is 1. The molecular weight excluding hydrogens is 180 g/mol. The summed E-state index contributed by atoms with van der Waals surface area (Å²) in [5, 5.41) is 20.5. The zero-order chi connectivity index (χ0) is 10.6. The number of rotatable bonds is 5. The van der Waals surface area contributed by atoms with Crippen molar-refractivity contribution in [1.29, 1.82) is 0 Å². The van der Waals surface area contributed by atoms with Crippen LogP contribution >= 0.6 is 0 Å². The van der Waals surface area contributed by atoms with Crippen LogP contribution in [0.2, 0.25) is 0 Å². The fraction of sp³-hybridized carbons (Fsp3) is 0.778. The molecule has 0 amide bonds. The number of aliphatic hydroxyl groups is 1. The third-order valence-corrected chi connectivity index (χ3v) is 1.86. The van der Waals surface area contributed by atoms with Crippen molar-refractivity contribution in [2.24, 2.45) is 7.05 Å². The highest BCUT2D eigenvalue weighted by atomic mass is 16.3. The summed E-state index contributed by atoms with van der Waals surface area (Å²) in [7, 11) is 1.81. The standard InChI is InChI=1S/C9H18N4O/c1-7(2)10-5-9(14)4-8-6-13(3)12-11-8/h6-7,9-10,14H,4-5H2,1-3H3. The van der Waals surface area contributed by atoms with Crippen LogP contribution in [0.5, 0.6) is 0 Å². The minimum Gasteiger partial charge on any atom is -0.391 e. The summed E-state index contributed by atoms with van der Waals surface area (Å²) in [5.74, 6) is 0. The average molecular weight is 198 g/mol. The predicted octanol–water partition coefficient (Wildman–Crippen LogP) is -0.284. The molecule has 0 fully saturated rings. The average Bonchev–Trinajstić information content (AvgIpc) is 2.48. The van der Waals surface area contributed by atoms with E-state index in [0.717, 1.165) is 5.69 Å². The van der Waals surface area contributed by atoms with Gasteiger partial charge < -0.3 is 10.4 Å². The SMILES string of the molecule is CC(C)NCC(O)Cc1cn(C)nn1. The molecule has 0 radical (unpaired) electrons. The maximum Gasteiger partial charge on any atom is 0.0853 e. The number of nitrogens with one attached hydrogen (secondary N) is 1. The molecule has 1 atom stereocenters. The van der Waals surface area contributed by atoms with Crippen molar-refractivity contribution in [2.75, 3.05) is 6.54 Å². The lowest BCUT2D eigenvalue weighted by molar-refractivity contribution is 0.167. The van der Waals surface area contributed by atoms with Crippen molar-refractivity contribution in [2.45, 2.75) is 32.4 Å². The van der Waals surface area contributed by atoms with E-state index >= 15 is 0 Å². The van der Waals surface area contributed by atoms with Crippen LogP contribution in [0.3, 0.4) is 0 Å². The second-order valence-corrected chi connectivity index (χ2v) is 3.80. The van der Waals surface area contributed by atoms with Gasteiger partial charge in [0.15, 0.2) is 0 Å². The maximum absolute atomic E-state index is 9.62. The minimum atomic E-state index is -0.394. The molecule has 1 heterocycles. The third kappa shape index (κ3) is 3.85. The molecule has 0 bridgehead atoms. The van der Waals surface area contributed by atoms with Crippen molar-refractivity contribution in [1.82, 2.24) is 20.3 Å². The van der Waals surface area contributed by atoms with Gasteiger partial charge in [0.25, 0.3) is 0 Å². The molecule has 2 N–H and O–H groups in total. The highest BCUT2D eigenvalue weighted by Crippen LogP contribution is 1.97. The van der Waals surface area contributed by atoms with Gasteiger partial charge in [-0.2, -0.15) is 0 Å². The van der Waals surface area contributed by atoms with Crippen molar-refractivity contribution >= 4 is 0 Å². The predicted molar refractivity (Wildman–Crippen MR) is 53.9 cm³/mol. The highest BCUT2D eigenvalue weighted by molar-refractivity contribution is 4.94. The minimum absolute atomic E-state index is 0.394. The molecule has 80 valence electrons. The van der Waals surface area contributed by atoms with E-state index in [4.69, 9.17) is 0 Å². The first-order valence-corrected chi connectivity index (χ1v) is 4.84. The number of aliphatic hydroxyl groups excluding tert-OH is 1. The van der Waals surface area contributed by atoms with Gasteiger partial charge in [-0.05, 0) is 0 Å². The van der Waals surface area contributed by atoms with E-state index in [9.17, 15) is 5.11 Å². The molecule has 1 unspecified atom stereocenters. The summed E-state index contributed by atoms with van der Waals surface area (Å²) in [4.78, 5) is 0. The lowest BCUT2D eigenvalue weighted by Gasteiger charge is -2.12. The monoisotopic (exact) mass is 198 g/mol. The molecule has 0 saturated heterocycles. The molecule has 0 aliphatic carbocycles. The van der Waals surface area contributed by atoms with Crippen LogP contribution in [0.4, 0.5) is 0 Å². The fourth-order valence-corrected chi connectivity index (χ4v) is 1.17. The summed E-state index contributed by atoms with van der Waals surface area (Å²) in [5.41, 5.74) is 0.825. The van der Waals surface area contributed by atoms with Crippen molar-refractivity contribution in [3.8, 4) is 0 Å². The van der Waals surface area contributed by atoms with Crippen LogP contribution in [0.25, 0.3) is 0 Å². The molecule has 0 aromatic carbocycles. The first kappa shape index (κ1) is 11.1. The maximum atomic E-state index is 9.62. The Labute approximate surface area is 84.1 Å². The van der Waals surface area contributed by atoms with Gasteiger partial charge in [0, 0.05) is 32.3 Å². The molecule has 1 aromatic heterocycles. The van der Waals surface area contributed by atoms with Gasteiger partial charge in [-0.3, -0.25) is 4.68 Å². The summed E-state index contributed by atoms with van der Waals surface area (Å²) in [6.07, 6.45) is 1.97. The molecule has 1 rings (SSSR count). The molecular formula is C9H18N4O. The smallest absolute Gasteiger partial charge is 0.0853 e. The normalized spacial score (nSPS) is 13.5. The highest BCUT2D eigenvalue weighted by Gasteiger charge is 2.08. The van der Waals surface area contributed by atoms with Crippen LogP contribution < -0.4 is 5.32 Å². The quantitative estimate of drug-likeness (QED) is 0.683. The molecule has 0 aliphatic rings. The second kappa shape index (κ2) is 5.07. The van der Waals surface area contributed by atoms with E-state index in [-0.39, 0.29) is 0 Å². The summed E-state index contributed by atoms with van der Waals surface area (Å²) < 4.78 is 1.64. The summed E-state index contributed by atoms with van der Waals surface area (Å²) in [6.45, 7) is 4.69. The number of hydrogen-bond donors (Lipinski definition) is 2. The lowest BCUT2D eigenvalue weighted by Crippen LogP contribution is -2.33. The molecule has 5 nitrogen and oxygen atoms in total. The molecule has 5 heteroatoms. The second-order valence-electron chi connectivity index (χ2n) is 3.80. The van der Waals surface area contributed by atoms with E-state index in [0.29, 0.717) is 19.0 Å². The van der Waals surface area contributed by atoms with Crippen LogP contribution in [0.1, 0.15) is 19.5 Å². The Hall–Kier alpha value is -0.940. The van der Waals surface area contributed by atoms with Crippen LogP contribution in [-0.2, 0) is 13.5 Å². The number of aromatic nitrogens is 3. The van der Waals surface area contributed by atoms with Gasteiger partial charge in [0.1, 0.15) is 0 Å². The van der Waals surface area contributed by atoms with E-state index in [1.807, 2.05) is 13.2 Å². The Morgan fingerprint density at radius 2 is 2.29 bits per heavy atom. The Kier molecular flexibility index (Phi) is 4.03. The van der Waals surface area contributed by atoms with Gasteiger partial charge in [-0.15, -0.1) is 5.10 Å². The zero-order valence-corrected chi connectivity index (χ0v) is 8.94. The lowest BCUT2D eigenvalue weighted by atomic mass is 10.2. The van der Waals surface area contributed by atoms with Gasteiger partial charge in [0.2, 0.25) is 0 Å². The summed E-state index contributed by atoms with van der Waals surface area (Å²) >= 11 is 0. The molecule has 0 spiro atoms. The van der Waals surface area contributed by atoms with Gasteiger partial charge in [0.05, 0.1) is 11.8 Å². The first-order valence-electron chi connectivity index (χ1n) is 4.84. The Morgan fingerprint density at radius 3 is 2.79 bits per heavy atom. The largest absolute Gasteiger partial charge is 0.391 e. The van der Waals surface area contributed by atoms with E-state index < -0.39 is 6.10 Å². The molecule has 14 heavy (non-hydrogen) atoms. The number of hydrogen-bond acceptors (Lipinski definition) is 4. The van der Waals surface area contributed by atoms with Crippen LogP contribution in [-0.4, -0.2) is 38.8 Å². The fourth-order valence-electron chi connectivity index (χ4n) is 1.17. The molecule has 0 saturated carbocycles. The number of nitrogens with zero attached hydrogens (tertiary/aromatic N) is 3. The van der Waals surface area contributed by atoms with Crippen molar-refractivity contribution in [3.63, 3.8) is 0 Å². The third-order valence-electron chi connectivity index (χ3n) is 1.86. The topological polar surface area (TPSA) is 63.0 Å². The molecule has 1 aromatic rings. The van der Waals surface area contributed by atoms with Crippen molar-refractivity contribution in [3.05, 3.63) is 11.9 Å².